The summed E-state index contributed by atoms with van der Waals surface area (Å²) in [5, 5.41) is 10.7. The van der Waals surface area contributed by atoms with Crippen molar-refractivity contribution in [1.29, 1.82) is 0 Å². The van der Waals surface area contributed by atoms with Crippen molar-refractivity contribution in [2.75, 3.05) is 0 Å². The van der Waals surface area contributed by atoms with Crippen LogP contribution >= 0.6 is 0 Å². The number of pyridine rings is 1. The molecule has 218 valence electrons. The Bertz CT molecular complexity index is 2840. The topological polar surface area (TPSA) is 26.0 Å². The van der Waals surface area contributed by atoms with Gasteiger partial charge in [-0.2, -0.15) is 0 Å². The van der Waals surface area contributed by atoms with Gasteiger partial charge in [-0.1, -0.05) is 133 Å². The smallest absolute Gasteiger partial charge is 0.136 e. The summed E-state index contributed by atoms with van der Waals surface area (Å²) in [6.45, 7) is 0. The fourth-order valence-corrected chi connectivity index (χ4v) is 7.56. The zero-order chi connectivity index (χ0) is 30.9. The standard InChI is InChI=1S/C45H27NO/c1-2-13-28(14-3-1)42-43-35-21-8-10-23-39(35)46-45(38(43)27-41-44(42)36-22-9-11-24-40(36)47-41)31-17-12-16-29(25-31)37-26-30-15-4-5-18-32(30)33-19-6-7-20-34(33)37/h1-27H. The first kappa shape index (κ1) is 26.0. The summed E-state index contributed by atoms with van der Waals surface area (Å²) >= 11 is 0. The number of benzene rings is 8. The average Bonchev–Trinajstić information content (AvgIpc) is 3.52. The highest BCUT2D eigenvalue weighted by Crippen LogP contribution is 2.46. The number of fused-ring (bicyclic) bond motifs is 9. The van der Waals surface area contributed by atoms with Crippen LogP contribution in [0.4, 0.5) is 0 Å². The van der Waals surface area contributed by atoms with Crippen molar-refractivity contribution in [3.05, 3.63) is 164 Å². The second-order valence-electron chi connectivity index (χ2n) is 12.3. The molecule has 8 aromatic carbocycles. The van der Waals surface area contributed by atoms with Crippen molar-refractivity contribution in [2.45, 2.75) is 0 Å². The van der Waals surface area contributed by atoms with Crippen LogP contribution in [0.25, 0.3) is 98.7 Å². The van der Waals surface area contributed by atoms with E-state index in [4.69, 9.17) is 9.40 Å². The number of hydrogen-bond acceptors (Lipinski definition) is 2. The number of aromatic nitrogens is 1. The van der Waals surface area contributed by atoms with Crippen molar-refractivity contribution < 1.29 is 4.42 Å². The summed E-state index contributed by atoms with van der Waals surface area (Å²) in [4.78, 5) is 5.37. The van der Waals surface area contributed by atoms with Gasteiger partial charge in [0.2, 0.25) is 0 Å². The van der Waals surface area contributed by atoms with Crippen LogP contribution < -0.4 is 0 Å². The summed E-state index contributed by atoms with van der Waals surface area (Å²) in [5.74, 6) is 0. The molecule has 0 saturated heterocycles. The Morgan fingerprint density at radius 1 is 0.383 bits per heavy atom. The molecule has 0 aliphatic heterocycles. The van der Waals surface area contributed by atoms with Gasteiger partial charge in [0.05, 0.1) is 11.2 Å². The lowest BCUT2D eigenvalue weighted by Gasteiger charge is -2.16. The number of furan rings is 1. The molecule has 0 amide bonds. The summed E-state index contributed by atoms with van der Waals surface area (Å²) in [6.07, 6.45) is 0. The lowest BCUT2D eigenvalue weighted by atomic mass is 9.88. The highest BCUT2D eigenvalue weighted by atomic mass is 16.3. The van der Waals surface area contributed by atoms with Gasteiger partial charge in [0.15, 0.2) is 0 Å². The third-order valence-corrected chi connectivity index (χ3v) is 9.61. The SMILES string of the molecule is c1ccc(-c2c3c(cc4c(-c5cccc(-c6cc7ccccc7c7ccccc67)c5)nc5ccccc5c24)oc2ccccc23)cc1. The summed E-state index contributed by atoms with van der Waals surface area (Å²) in [6, 6.07) is 58.4. The first-order valence-electron chi connectivity index (χ1n) is 16.1. The highest BCUT2D eigenvalue weighted by Gasteiger charge is 2.21. The van der Waals surface area contributed by atoms with Gasteiger partial charge >= 0.3 is 0 Å². The second-order valence-corrected chi connectivity index (χ2v) is 12.3. The monoisotopic (exact) mass is 597 g/mol. The average molecular weight is 598 g/mol. The molecule has 0 unspecified atom stereocenters. The number of para-hydroxylation sites is 2. The van der Waals surface area contributed by atoms with Gasteiger partial charge in [-0.05, 0) is 68.6 Å². The van der Waals surface area contributed by atoms with Gasteiger partial charge in [-0.3, -0.25) is 0 Å². The van der Waals surface area contributed by atoms with Crippen molar-refractivity contribution in [2.24, 2.45) is 0 Å². The molecule has 0 spiro atoms. The van der Waals surface area contributed by atoms with E-state index in [-0.39, 0.29) is 0 Å². The van der Waals surface area contributed by atoms with E-state index in [1.54, 1.807) is 0 Å². The lowest BCUT2D eigenvalue weighted by molar-refractivity contribution is 0.669. The Labute approximate surface area is 271 Å². The molecular weight excluding hydrogens is 571 g/mol. The van der Waals surface area contributed by atoms with Crippen LogP contribution in [0.15, 0.2) is 168 Å². The lowest BCUT2D eigenvalue weighted by Crippen LogP contribution is -1.93. The molecule has 0 radical (unpaired) electrons. The van der Waals surface area contributed by atoms with Crippen LogP contribution in [-0.4, -0.2) is 4.98 Å². The van der Waals surface area contributed by atoms with Crippen LogP contribution in [0.1, 0.15) is 0 Å². The summed E-state index contributed by atoms with van der Waals surface area (Å²) in [5.41, 5.74) is 9.48. The Balaban J connectivity index is 1.32. The zero-order valence-corrected chi connectivity index (χ0v) is 25.4. The van der Waals surface area contributed by atoms with Crippen molar-refractivity contribution in [1.82, 2.24) is 4.98 Å². The molecule has 0 atom stereocenters. The minimum absolute atomic E-state index is 0.868. The van der Waals surface area contributed by atoms with Crippen LogP contribution in [0.3, 0.4) is 0 Å². The predicted molar refractivity (Wildman–Crippen MR) is 198 cm³/mol. The van der Waals surface area contributed by atoms with E-state index >= 15 is 0 Å². The molecule has 47 heavy (non-hydrogen) atoms. The van der Waals surface area contributed by atoms with Gasteiger partial charge < -0.3 is 4.42 Å². The van der Waals surface area contributed by atoms with Gasteiger partial charge in [-0.25, -0.2) is 4.98 Å². The van der Waals surface area contributed by atoms with E-state index in [0.717, 1.165) is 55.0 Å². The van der Waals surface area contributed by atoms with E-state index in [1.807, 2.05) is 6.07 Å². The Morgan fingerprint density at radius 2 is 1.04 bits per heavy atom. The van der Waals surface area contributed by atoms with Crippen LogP contribution in [0, 0.1) is 0 Å². The van der Waals surface area contributed by atoms with Crippen LogP contribution in [0.5, 0.6) is 0 Å². The molecule has 0 bridgehead atoms. The molecule has 2 heteroatoms. The van der Waals surface area contributed by atoms with E-state index < -0.39 is 0 Å². The number of nitrogens with zero attached hydrogens (tertiary/aromatic N) is 1. The maximum atomic E-state index is 6.58. The largest absolute Gasteiger partial charge is 0.456 e. The molecule has 2 heterocycles. The third-order valence-electron chi connectivity index (χ3n) is 9.61. The van der Waals surface area contributed by atoms with Crippen molar-refractivity contribution in [3.8, 4) is 33.5 Å². The van der Waals surface area contributed by atoms with E-state index in [9.17, 15) is 0 Å². The summed E-state index contributed by atoms with van der Waals surface area (Å²) < 4.78 is 6.58. The maximum absolute atomic E-state index is 6.58. The van der Waals surface area contributed by atoms with Gasteiger partial charge in [-0.15, -0.1) is 0 Å². The highest BCUT2D eigenvalue weighted by molar-refractivity contribution is 6.27. The first-order valence-corrected chi connectivity index (χ1v) is 16.1. The predicted octanol–water partition coefficient (Wildman–Crippen LogP) is 12.6. The van der Waals surface area contributed by atoms with E-state index in [1.165, 1.54) is 43.6 Å². The molecule has 10 rings (SSSR count). The Kier molecular flexibility index (Phi) is 5.61. The van der Waals surface area contributed by atoms with Gasteiger partial charge in [0.25, 0.3) is 0 Å². The molecule has 0 saturated carbocycles. The molecule has 10 aromatic rings. The first-order chi connectivity index (χ1) is 23.3. The third kappa shape index (κ3) is 3.95. The van der Waals surface area contributed by atoms with E-state index in [2.05, 4.69) is 158 Å². The maximum Gasteiger partial charge on any atom is 0.136 e. The summed E-state index contributed by atoms with van der Waals surface area (Å²) in [7, 11) is 0. The quantitative estimate of drug-likeness (QED) is 0.189. The molecule has 0 N–H and O–H groups in total. The van der Waals surface area contributed by atoms with Crippen LogP contribution in [0.2, 0.25) is 0 Å². The zero-order valence-electron chi connectivity index (χ0n) is 25.4. The van der Waals surface area contributed by atoms with Gasteiger partial charge in [0.1, 0.15) is 11.2 Å². The fraction of sp³-hybridized carbons (Fsp3) is 0. The molecule has 0 aliphatic carbocycles. The molecule has 0 aliphatic rings. The Morgan fingerprint density at radius 3 is 1.91 bits per heavy atom. The molecular formula is C45H27NO. The Hall–Kier alpha value is -6.25. The minimum Gasteiger partial charge on any atom is -0.456 e. The van der Waals surface area contributed by atoms with E-state index in [0.29, 0.717) is 0 Å². The molecule has 2 nitrogen and oxygen atoms in total. The molecule has 2 aromatic heterocycles. The van der Waals surface area contributed by atoms with Crippen molar-refractivity contribution in [3.63, 3.8) is 0 Å². The molecule has 0 fully saturated rings. The fourth-order valence-electron chi connectivity index (χ4n) is 7.56. The normalized spacial score (nSPS) is 11.8. The van der Waals surface area contributed by atoms with Gasteiger partial charge in [0, 0.05) is 38.1 Å². The number of hydrogen-bond donors (Lipinski definition) is 0. The number of rotatable bonds is 3. The van der Waals surface area contributed by atoms with Crippen LogP contribution in [-0.2, 0) is 0 Å². The minimum atomic E-state index is 0.868. The second kappa shape index (κ2) is 10.1. The van der Waals surface area contributed by atoms with Crippen molar-refractivity contribution >= 4 is 65.2 Å².